The Morgan fingerprint density at radius 3 is 2.34 bits per heavy atom. The van der Waals surface area contributed by atoms with Crippen LogP contribution in [0.2, 0.25) is 0 Å². The molecular weight excluding hydrogens is 434 g/mol. The Morgan fingerprint density at radius 1 is 1.03 bits per heavy atom. The smallest absolute Gasteiger partial charge is 0.277 e. The normalized spacial score (nSPS) is 11.8. The van der Waals surface area contributed by atoms with E-state index in [4.69, 9.17) is 13.9 Å². The van der Waals surface area contributed by atoms with Gasteiger partial charge in [0.15, 0.2) is 6.61 Å². The van der Waals surface area contributed by atoms with Gasteiger partial charge in [-0.25, -0.2) is 18.6 Å². The molecule has 0 aliphatic carbocycles. The van der Waals surface area contributed by atoms with Crippen LogP contribution in [-0.4, -0.2) is 33.8 Å². The average molecular weight is 458 g/mol. The van der Waals surface area contributed by atoms with Crippen LogP contribution in [0.3, 0.4) is 0 Å². The van der Waals surface area contributed by atoms with Crippen LogP contribution in [0.1, 0.15) is 18.2 Å². The van der Waals surface area contributed by atoms with Crippen molar-refractivity contribution in [1.82, 2.24) is 10.1 Å². The number of sulfonamides is 1. The van der Waals surface area contributed by atoms with Gasteiger partial charge in [-0.2, -0.15) is 5.10 Å². The number of carbonyl (C=O) groups is 1. The van der Waals surface area contributed by atoms with Gasteiger partial charge in [0, 0.05) is 0 Å². The summed E-state index contributed by atoms with van der Waals surface area (Å²) in [5.41, 5.74) is 3.58. The number of hydrogen-bond donors (Lipinski definition) is 2. The van der Waals surface area contributed by atoms with Crippen molar-refractivity contribution in [2.75, 3.05) is 13.7 Å². The monoisotopic (exact) mass is 457 g/mol. The lowest BCUT2D eigenvalue weighted by Gasteiger charge is -2.08. The SMILES string of the molecule is COc1ccc(OCC(=O)N/N=C(\C)c2ccc(S(=O)(=O)NCc3ccco3)cc2)cc1. The van der Waals surface area contributed by atoms with E-state index >= 15 is 0 Å². The predicted octanol–water partition coefficient (Wildman–Crippen LogP) is 2.69. The molecule has 168 valence electrons. The maximum Gasteiger partial charge on any atom is 0.277 e. The maximum absolute atomic E-state index is 12.4. The minimum absolute atomic E-state index is 0.0577. The molecule has 2 aromatic carbocycles. The summed E-state index contributed by atoms with van der Waals surface area (Å²) >= 11 is 0. The molecule has 9 nitrogen and oxygen atoms in total. The molecule has 0 aliphatic rings. The van der Waals surface area contributed by atoms with Crippen molar-refractivity contribution in [2.24, 2.45) is 5.10 Å². The Bertz CT molecular complexity index is 1160. The molecule has 1 heterocycles. The topological polar surface area (TPSA) is 119 Å². The number of carbonyl (C=O) groups excluding carboxylic acids is 1. The molecule has 0 spiro atoms. The van der Waals surface area contributed by atoms with Crippen molar-refractivity contribution in [3.05, 3.63) is 78.3 Å². The molecule has 1 aromatic heterocycles. The number of nitrogens with zero attached hydrogens (tertiary/aromatic N) is 1. The fourth-order valence-corrected chi connectivity index (χ4v) is 3.60. The minimum Gasteiger partial charge on any atom is -0.497 e. The largest absolute Gasteiger partial charge is 0.497 e. The van der Waals surface area contributed by atoms with Crippen molar-refractivity contribution in [2.45, 2.75) is 18.4 Å². The van der Waals surface area contributed by atoms with E-state index in [1.54, 1.807) is 62.6 Å². The molecule has 0 unspecified atom stereocenters. The summed E-state index contributed by atoms with van der Waals surface area (Å²) in [6.45, 7) is 1.55. The molecule has 2 N–H and O–H groups in total. The van der Waals surface area contributed by atoms with Gasteiger partial charge in [0.2, 0.25) is 10.0 Å². The highest BCUT2D eigenvalue weighted by Crippen LogP contribution is 2.17. The van der Waals surface area contributed by atoms with Crippen molar-refractivity contribution in [3.63, 3.8) is 0 Å². The molecule has 3 aromatic rings. The van der Waals surface area contributed by atoms with Crippen LogP contribution >= 0.6 is 0 Å². The van der Waals surface area contributed by atoms with E-state index in [0.29, 0.717) is 28.5 Å². The molecule has 10 heteroatoms. The van der Waals surface area contributed by atoms with Gasteiger partial charge in [-0.3, -0.25) is 4.79 Å². The number of methoxy groups -OCH3 is 1. The first-order valence-corrected chi connectivity index (χ1v) is 11.1. The standard InChI is InChI=1S/C22H23N3O6S/c1-16(24-25-22(26)15-31-19-9-7-18(29-2)8-10-19)17-5-11-21(12-6-17)32(27,28)23-14-20-4-3-13-30-20/h3-13,23H,14-15H2,1-2H3,(H,25,26)/b24-16+. The summed E-state index contributed by atoms with van der Waals surface area (Å²) in [6, 6.07) is 16.4. The van der Waals surface area contributed by atoms with E-state index in [1.807, 2.05) is 0 Å². The van der Waals surface area contributed by atoms with Crippen molar-refractivity contribution in [1.29, 1.82) is 0 Å². The van der Waals surface area contributed by atoms with Gasteiger partial charge in [-0.1, -0.05) is 12.1 Å². The van der Waals surface area contributed by atoms with Crippen LogP contribution in [0.4, 0.5) is 0 Å². The van der Waals surface area contributed by atoms with Crippen LogP contribution in [0.15, 0.2) is 81.3 Å². The molecule has 0 aliphatic heterocycles. The minimum atomic E-state index is -3.69. The van der Waals surface area contributed by atoms with Crippen LogP contribution in [-0.2, 0) is 21.4 Å². The van der Waals surface area contributed by atoms with Gasteiger partial charge in [0.25, 0.3) is 5.91 Å². The molecule has 0 atom stereocenters. The van der Waals surface area contributed by atoms with Gasteiger partial charge in [-0.15, -0.1) is 0 Å². The lowest BCUT2D eigenvalue weighted by Crippen LogP contribution is -2.25. The summed E-state index contributed by atoms with van der Waals surface area (Å²) in [7, 11) is -2.12. The zero-order valence-corrected chi connectivity index (χ0v) is 18.4. The summed E-state index contributed by atoms with van der Waals surface area (Å²) in [4.78, 5) is 12.1. The van der Waals surface area contributed by atoms with Gasteiger partial charge < -0.3 is 13.9 Å². The molecule has 32 heavy (non-hydrogen) atoms. The van der Waals surface area contributed by atoms with Crippen LogP contribution in [0.5, 0.6) is 11.5 Å². The van der Waals surface area contributed by atoms with Crippen LogP contribution in [0.25, 0.3) is 0 Å². The lowest BCUT2D eigenvalue weighted by molar-refractivity contribution is -0.123. The molecule has 0 radical (unpaired) electrons. The average Bonchev–Trinajstić information content (AvgIpc) is 3.34. The molecule has 0 saturated heterocycles. The first kappa shape index (κ1) is 23.0. The number of rotatable bonds is 10. The Hall–Kier alpha value is -3.63. The fraction of sp³-hybridized carbons (Fsp3) is 0.182. The van der Waals surface area contributed by atoms with Gasteiger partial charge in [-0.05, 0) is 61.0 Å². The first-order chi connectivity index (χ1) is 15.4. The number of furan rings is 1. The van der Waals surface area contributed by atoms with E-state index in [0.717, 1.165) is 0 Å². The predicted molar refractivity (Wildman–Crippen MR) is 118 cm³/mol. The number of hydrogen-bond acceptors (Lipinski definition) is 7. The van der Waals surface area contributed by atoms with Gasteiger partial charge in [0.1, 0.15) is 17.3 Å². The van der Waals surface area contributed by atoms with Gasteiger partial charge in [0.05, 0.1) is 30.5 Å². The number of amides is 1. The zero-order valence-electron chi connectivity index (χ0n) is 17.6. The molecule has 1 amide bonds. The summed E-state index contributed by atoms with van der Waals surface area (Å²) in [5.74, 6) is 1.30. The highest BCUT2D eigenvalue weighted by molar-refractivity contribution is 7.89. The second-order valence-electron chi connectivity index (χ2n) is 6.62. The van der Waals surface area contributed by atoms with Gasteiger partial charge >= 0.3 is 0 Å². The number of nitrogens with one attached hydrogen (secondary N) is 2. The van der Waals surface area contributed by atoms with E-state index in [-0.39, 0.29) is 18.0 Å². The number of benzene rings is 2. The Balaban J connectivity index is 1.52. The second-order valence-corrected chi connectivity index (χ2v) is 8.39. The first-order valence-electron chi connectivity index (χ1n) is 9.60. The molecule has 0 fully saturated rings. The summed E-state index contributed by atoms with van der Waals surface area (Å²) in [6.07, 6.45) is 1.48. The third kappa shape index (κ3) is 6.43. The number of hydrazone groups is 1. The maximum atomic E-state index is 12.4. The summed E-state index contributed by atoms with van der Waals surface area (Å²) < 4.78 is 42.8. The van der Waals surface area contributed by atoms with E-state index in [2.05, 4.69) is 15.2 Å². The van der Waals surface area contributed by atoms with E-state index in [1.165, 1.54) is 18.4 Å². The highest BCUT2D eigenvalue weighted by atomic mass is 32.2. The third-order valence-electron chi connectivity index (χ3n) is 4.38. The highest BCUT2D eigenvalue weighted by Gasteiger charge is 2.14. The Morgan fingerprint density at radius 2 is 1.72 bits per heavy atom. The van der Waals surface area contributed by atoms with Crippen LogP contribution < -0.4 is 19.6 Å². The molecule has 0 bridgehead atoms. The fourth-order valence-electron chi connectivity index (χ4n) is 2.60. The molecule has 3 rings (SSSR count). The van der Waals surface area contributed by atoms with E-state index in [9.17, 15) is 13.2 Å². The van der Waals surface area contributed by atoms with Crippen molar-refractivity contribution >= 4 is 21.6 Å². The van der Waals surface area contributed by atoms with E-state index < -0.39 is 15.9 Å². The Labute approximate surface area is 186 Å². The Kier molecular flexibility index (Phi) is 7.63. The summed E-state index contributed by atoms with van der Waals surface area (Å²) in [5, 5.41) is 4.04. The van der Waals surface area contributed by atoms with Crippen molar-refractivity contribution in [3.8, 4) is 11.5 Å². The second kappa shape index (κ2) is 10.6. The molecular formula is C22H23N3O6S. The number of ether oxygens (including phenoxy) is 2. The third-order valence-corrected chi connectivity index (χ3v) is 5.79. The van der Waals surface area contributed by atoms with Crippen LogP contribution in [0, 0.1) is 0 Å². The molecule has 0 saturated carbocycles. The zero-order chi connectivity index (χ0) is 23.0. The van der Waals surface area contributed by atoms with Crippen molar-refractivity contribution < 1.29 is 27.1 Å². The quantitative estimate of drug-likeness (QED) is 0.357. The lowest BCUT2D eigenvalue weighted by atomic mass is 10.1.